The third-order valence-corrected chi connectivity index (χ3v) is 5.81. The minimum atomic E-state index is -0.965. The Balaban J connectivity index is 1.90. The Morgan fingerprint density at radius 2 is 1.59 bits per heavy atom. The van der Waals surface area contributed by atoms with Gasteiger partial charge < -0.3 is 10.3 Å². The molecule has 0 atom stereocenters. The fourth-order valence-corrected chi connectivity index (χ4v) is 4.04. The molecule has 0 aliphatic rings. The smallest absolute Gasteiger partial charge is 0.429 e. The monoisotopic (exact) mass is 497 g/mol. The number of carbonyl (C=O) groups excluding carboxylic acids is 2. The van der Waals surface area contributed by atoms with Crippen molar-refractivity contribution in [1.82, 2.24) is 10.4 Å². The molecule has 6 nitrogen and oxygen atoms in total. The van der Waals surface area contributed by atoms with Gasteiger partial charge in [0.25, 0.3) is 11.8 Å². The molecule has 3 aromatic rings. The van der Waals surface area contributed by atoms with Gasteiger partial charge in [0.15, 0.2) is 0 Å². The minimum Gasteiger partial charge on any atom is -0.429 e. The third kappa shape index (κ3) is 7.34. The summed E-state index contributed by atoms with van der Waals surface area (Å²) >= 11 is 0. The maximum Gasteiger partial charge on any atom is 0.447 e. The van der Waals surface area contributed by atoms with Gasteiger partial charge in [-0.1, -0.05) is 60.5 Å². The Bertz CT molecular complexity index is 1260. The summed E-state index contributed by atoms with van der Waals surface area (Å²) in [6, 6.07) is 20.2. The molecule has 0 unspecified atom stereocenters. The summed E-state index contributed by atoms with van der Waals surface area (Å²) < 4.78 is 0. The highest BCUT2D eigenvalue weighted by Crippen LogP contribution is 2.18. The number of nitrogens with zero attached hydrogens (tertiary/aromatic N) is 1. The molecular weight excluding hydrogens is 461 g/mol. The van der Waals surface area contributed by atoms with Crippen LogP contribution in [0.15, 0.2) is 72.8 Å². The summed E-state index contributed by atoms with van der Waals surface area (Å²) in [6.45, 7) is 11.5. The summed E-state index contributed by atoms with van der Waals surface area (Å²) in [5.74, 6) is -0.686. The van der Waals surface area contributed by atoms with Gasteiger partial charge in [0.05, 0.1) is 5.54 Å². The van der Waals surface area contributed by atoms with Crippen LogP contribution in [0.3, 0.4) is 0 Å². The lowest BCUT2D eigenvalue weighted by Crippen LogP contribution is -2.56. The van der Waals surface area contributed by atoms with Crippen molar-refractivity contribution in [1.29, 1.82) is 0 Å². The van der Waals surface area contributed by atoms with Crippen molar-refractivity contribution in [3.63, 3.8) is 0 Å². The molecule has 37 heavy (non-hydrogen) atoms. The largest absolute Gasteiger partial charge is 0.447 e. The normalized spacial score (nSPS) is 11.3. The fraction of sp³-hybridized carbons (Fsp3) is 0.267. The summed E-state index contributed by atoms with van der Waals surface area (Å²) in [5, 5.41) is 15.3. The summed E-state index contributed by atoms with van der Waals surface area (Å²) in [5.41, 5.74) is 7.17. The summed E-state index contributed by atoms with van der Waals surface area (Å²) in [6.07, 6.45) is 4.67. The van der Waals surface area contributed by atoms with Crippen molar-refractivity contribution in [3.8, 4) is 0 Å². The lowest BCUT2D eigenvalue weighted by Gasteiger charge is -2.35. The van der Waals surface area contributed by atoms with Gasteiger partial charge >= 0.3 is 7.05 Å². The van der Waals surface area contributed by atoms with Gasteiger partial charge in [-0.05, 0) is 88.5 Å². The SMILES string of the molecule is CC/C=C/c1cc(C(=O)NN(C(=O)c2cc(C)cc(C)c2)C(C)(C)C)ccc1B(O)Nc1ccccc1. The van der Waals surface area contributed by atoms with Crippen LogP contribution >= 0.6 is 0 Å². The van der Waals surface area contributed by atoms with Crippen LogP contribution < -0.4 is 16.1 Å². The Labute approximate surface area is 220 Å². The van der Waals surface area contributed by atoms with E-state index in [1.807, 2.05) is 102 Å². The predicted octanol–water partition coefficient (Wildman–Crippen LogP) is 5.11. The standard InChI is InChI=1S/C30H36BN3O3/c1-7-8-12-23-20-24(15-16-27(23)31(37)32-26-13-10-9-11-14-26)28(35)33-34(30(4,5)6)29(36)25-18-21(2)17-22(3)19-25/h8-20,32,37H,7H2,1-6H3,(H,33,35)/b12-8+. The molecule has 0 fully saturated rings. The van der Waals surface area contributed by atoms with Gasteiger partial charge in [-0.3, -0.25) is 15.0 Å². The Hall–Kier alpha value is -3.84. The molecular formula is C30H36BN3O3. The average Bonchev–Trinajstić information content (AvgIpc) is 2.84. The molecule has 0 aliphatic heterocycles. The summed E-state index contributed by atoms with van der Waals surface area (Å²) in [4.78, 5) is 26.8. The van der Waals surface area contributed by atoms with Crippen LogP contribution in [0.5, 0.6) is 0 Å². The maximum atomic E-state index is 13.4. The lowest BCUT2D eigenvalue weighted by atomic mass is 9.70. The van der Waals surface area contributed by atoms with E-state index in [2.05, 4.69) is 10.7 Å². The van der Waals surface area contributed by atoms with E-state index in [4.69, 9.17) is 0 Å². The Morgan fingerprint density at radius 1 is 0.946 bits per heavy atom. The van der Waals surface area contributed by atoms with E-state index in [9.17, 15) is 14.6 Å². The Morgan fingerprint density at radius 3 is 2.19 bits per heavy atom. The Kier molecular flexibility index (Phi) is 8.95. The molecule has 192 valence electrons. The van der Waals surface area contributed by atoms with Gasteiger partial charge in [-0.25, -0.2) is 5.01 Å². The number of rotatable bonds is 7. The molecule has 0 radical (unpaired) electrons. The molecule has 3 N–H and O–H groups in total. The molecule has 0 heterocycles. The molecule has 2 amide bonds. The van der Waals surface area contributed by atoms with Gasteiger partial charge in [0.2, 0.25) is 0 Å². The zero-order chi connectivity index (χ0) is 27.2. The van der Waals surface area contributed by atoms with Crippen LogP contribution in [0.25, 0.3) is 6.08 Å². The van der Waals surface area contributed by atoms with E-state index in [-0.39, 0.29) is 5.91 Å². The molecule has 0 saturated carbocycles. The van der Waals surface area contributed by atoms with Crippen molar-refractivity contribution in [2.45, 2.75) is 53.5 Å². The average molecular weight is 497 g/mol. The number of aryl methyl sites for hydroxylation is 2. The number of amides is 2. The zero-order valence-electron chi connectivity index (χ0n) is 22.5. The van der Waals surface area contributed by atoms with E-state index >= 15 is 0 Å². The fourth-order valence-electron chi connectivity index (χ4n) is 4.04. The first kappa shape index (κ1) is 27.7. The lowest BCUT2D eigenvalue weighted by molar-refractivity contribution is 0.0358. The number of hydrogen-bond donors (Lipinski definition) is 3. The van der Waals surface area contributed by atoms with Crippen molar-refractivity contribution in [2.75, 3.05) is 5.23 Å². The highest BCUT2D eigenvalue weighted by molar-refractivity contribution is 6.70. The zero-order valence-corrected chi connectivity index (χ0v) is 22.5. The number of hydrogen-bond acceptors (Lipinski definition) is 4. The molecule has 0 spiro atoms. The van der Waals surface area contributed by atoms with Crippen LogP contribution in [0, 0.1) is 13.8 Å². The van der Waals surface area contributed by atoms with Crippen molar-refractivity contribution in [2.24, 2.45) is 0 Å². The van der Waals surface area contributed by atoms with Crippen LogP contribution in [-0.2, 0) is 0 Å². The van der Waals surface area contributed by atoms with E-state index in [0.717, 1.165) is 23.2 Å². The number of allylic oxidation sites excluding steroid dienone is 1. The molecule has 0 bridgehead atoms. The number of anilines is 1. The second-order valence-electron chi connectivity index (χ2n) is 10.2. The van der Waals surface area contributed by atoms with Crippen molar-refractivity contribution < 1.29 is 14.6 Å². The molecule has 7 heteroatoms. The minimum absolute atomic E-state index is 0.280. The van der Waals surface area contributed by atoms with Gasteiger partial charge in [-0.15, -0.1) is 0 Å². The highest BCUT2D eigenvalue weighted by atomic mass is 16.2. The molecule has 0 aromatic heterocycles. The van der Waals surface area contributed by atoms with Gasteiger partial charge in [0.1, 0.15) is 0 Å². The predicted molar refractivity (Wildman–Crippen MR) is 153 cm³/mol. The van der Waals surface area contributed by atoms with Crippen LogP contribution in [0.4, 0.5) is 5.69 Å². The summed E-state index contributed by atoms with van der Waals surface area (Å²) in [7, 11) is -0.965. The van der Waals surface area contributed by atoms with Crippen LogP contribution in [0.2, 0.25) is 0 Å². The number of nitrogens with one attached hydrogen (secondary N) is 2. The first-order valence-electron chi connectivity index (χ1n) is 12.5. The third-order valence-electron chi connectivity index (χ3n) is 5.81. The highest BCUT2D eigenvalue weighted by Gasteiger charge is 2.30. The van der Waals surface area contributed by atoms with E-state index in [1.165, 1.54) is 5.01 Å². The topological polar surface area (TPSA) is 81.7 Å². The number of benzene rings is 3. The molecule has 0 aliphatic carbocycles. The second-order valence-corrected chi connectivity index (χ2v) is 10.2. The van der Waals surface area contributed by atoms with Crippen LogP contribution in [-0.4, -0.2) is 34.4 Å². The molecule has 3 rings (SSSR count). The first-order chi connectivity index (χ1) is 17.5. The van der Waals surface area contributed by atoms with E-state index in [0.29, 0.717) is 22.2 Å². The van der Waals surface area contributed by atoms with Crippen molar-refractivity contribution >= 4 is 36.1 Å². The number of hydrazine groups is 1. The van der Waals surface area contributed by atoms with E-state index in [1.54, 1.807) is 18.2 Å². The maximum absolute atomic E-state index is 13.4. The van der Waals surface area contributed by atoms with Crippen LogP contribution in [0.1, 0.15) is 71.5 Å². The number of carbonyl (C=O) groups is 2. The van der Waals surface area contributed by atoms with Gasteiger partial charge in [0, 0.05) is 16.8 Å². The van der Waals surface area contributed by atoms with Crippen molar-refractivity contribution in [3.05, 3.63) is 101 Å². The molecule has 3 aromatic carbocycles. The second kappa shape index (κ2) is 11.9. The van der Waals surface area contributed by atoms with E-state index < -0.39 is 18.5 Å². The number of para-hydroxylation sites is 1. The quantitative estimate of drug-likeness (QED) is 0.313. The molecule has 0 saturated heterocycles. The first-order valence-corrected chi connectivity index (χ1v) is 12.5. The van der Waals surface area contributed by atoms with Gasteiger partial charge in [-0.2, -0.15) is 0 Å².